The van der Waals surface area contributed by atoms with Gasteiger partial charge in [0.15, 0.2) is 5.82 Å². The highest BCUT2D eigenvalue weighted by molar-refractivity contribution is 5.92. The molecule has 0 spiro atoms. The Balaban J connectivity index is 1.70. The summed E-state index contributed by atoms with van der Waals surface area (Å²) in [6, 6.07) is 1.10. The molecule has 24 heavy (non-hydrogen) atoms. The summed E-state index contributed by atoms with van der Waals surface area (Å²) < 4.78 is 12.6. The number of amides is 1. The maximum absolute atomic E-state index is 12.2. The van der Waals surface area contributed by atoms with Crippen LogP contribution < -0.4 is 16.6 Å². The number of nitrogens with one attached hydrogen (secondary N) is 1. The number of carbonyl (C=O) groups excluding carboxylic acids is 1. The lowest BCUT2D eigenvalue weighted by Crippen LogP contribution is -2.41. The molecule has 1 atom stereocenters. The van der Waals surface area contributed by atoms with E-state index in [1.165, 1.54) is 14.1 Å². The summed E-state index contributed by atoms with van der Waals surface area (Å²) in [4.78, 5) is 39.9. The van der Waals surface area contributed by atoms with Crippen molar-refractivity contribution < 1.29 is 14.1 Å². The smallest absolute Gasteiger partial charge is 0.331 e. The number of rotatable bonds is 4. The Morgan fingerprint density at radius 3 is 2.88 bits per heavy atom. The van der Waals surface area contributed by atoms with Gasteiger partial charge in [-0.3, -0.25) is 18.7 Å². The zero-order chi connectivity index (χ0) is 17.3. The van der Waals surface area contributed by atoms with Crippen LogP contribution in [0.25, 0.3) is 0 Å². The molecule has 128 valence electrons. The molecule has 1 amide bonds. The third kappa shape index (κ3) is 3.00. The van der Waals surface area contributed by atoms with E-state index < -0.39 is 17.2 Å². The van der Waals surface area contributed by atoms with Gasteiger partial charge < -0.3 is 14.6 Å². The minimum absolute atomic E-state index is 0.0124. The maximum atomic E-state index is 12.2. The zero-order valence-corrected chi connectivity index (χ0v) is 13.3. The van der Waals surface area contributed by atoms with Gasteiger partial charge in [0.25, 0.3) is 17.4 Å². The second-order valence-corrected chi connectivity index (χ2v) is 5.50. The Hall–Kier alpha value is -2.75. The van der Waals surface area contributed by atoms with Crippen LogP contribution >= 0.6 is 0 Å². The van der Waals surface area contributed by atoms with Crippen molar-refractivity contribution in [1.82, 2.24) is 24.6 Å². The molecule has 0 radical (unpaired) electrons. The van der Waals surface area contributed by atoms with Crippen molar-refractivity contribution in [2.75, 3.05) is 6.61 Å². The molecule has 3 heterocycles. The Labute approximate surface area is 136 Å². The average molecular weight is 335 g/mol. The number of nitrogens with zero attached hydrogens (tertiary/aromatic N) is 4. The molecule has 10 heteroatoms. The Bertz CT molecular complexity index is 874. The first kappa shape index (κ1) is 16.1. The van der Waals surface area contributed by atoms with Crippen molar-refractivity contribution >= 4 is 5.91 Å². The van der Waals surface area contributed by atoms with E-state index >= 15 is 0 Å². The highest BCUT2D eigenvalue weighted by Gasteiger charge is 2.24. The van der Waals surface area contributed by atoms with Crippen LogP contribution in [0.15, 0.2) is 20.2 Å². The van der Waals surface area contributed by atoms with E-state index in [0.717, 1.165) is 28.0 Å². The van der Waals surface area contributed by atoms with Gasteiger partial charge in [0.05, 0.1) is 6.54 Å². The minimum atomic E-state index is -0.576. The van der Waals surface area contributed by atoms with Crippen molar-refractivity contribution in [3.8, 4) is 0 Å². The lowest BCUT2D eigenvalue weighted by atomic mass is 10.2. The number of aromatic nitrogens is 4. The maximum Gasteiger partial charge on any atom is 0.331 e. The van der Waals surface area contributed by atoms with Gasteiger partial charge in [-0.05, 0) is 12.8 Å². The molecule has 10 nitrogen and oxygen atoms in total. The molecule has 2 aromatic heterocycles. The van der Waals surface area contributed by atoms with E-state index in [1.807, 2.05) is 0 Å². The minimum Gasteiger partial charge on any atom is -0.368 e. The molecule has 1 aliphatic rings. The predicted molar refractivity (Wildman–Crippen MR) is 80.3 cm³/mol. The second-order valence-electron chi connectivity index (χ2n) is 5.50. The number of ether oxygens (including phenoxy) is 1. The summed E-state index contributed by atoms with van der Waals surface area (Å²) >= 11 is 0. The molecule has 3 rings (SSSR count). The molecule has 1 aliphatic heterocycles. The van der Waals surface area contributed by atoms with Gasteiger partial charge in [0.2, 0.25) is 0 Å². The van der Waals surface area contributed by atoms with Gasteiger partial charge in [-0.2, -0.15) is 4.98 Å². The molecule has 1 saturated heterocycles. The van der Waals surface area contributed by atoms with Crippen LogP contribution in [0.5, 0.6) is 0 Å². The average Bonchev–Trinajstić information content (AvgIpc) is 3.24. The van der Waals surface area contributed by atoms with Crippen molar-refractivity contribution in [3.05, 3.63) is 44.3 Å². The molecule has 1 N–H and O–H groups in total. The summed E-state index contributed by atoms with van der Waals surface area (Å²) in [6.07, 6.45) is 1.57. The Morgan fingerprint density at radius 2 is 2.17 bits per heavy atom. The standard InChI is InChI=1S/C14H17N5O5/c1-18-8(6-11(20)19(2)14(18)22)12(21)15-7-10-16-13(24-17-10)9-4-3-5-23-9/h6,9H,3-5,7H2,1-2H3,(H,15,21)/t9-/m0/s1. The van der Waals surface area contributed by atoms with Gasteiger partial charge in [-0.1, -0.05) is 5.16 Å². The van der Waals surface area contributed by atoms with E-state index in [0.29, 0.717) is 18.3 Å². The Morgan fingerprint density at radius 1 is 1.38 bits per heavy atom. The molecule has 0 bridgehead atoms. The fourth-order valence-corrected chi connectivity index (χ4v) is 2.44. The van der Waals surface area contributed by atoms with E-state index in [9.17, 15) is 14.4 Å². The van der Waals surface area contributed by atoms with Crippen LogP contribution in [0.3, 0.4) is 0 Å². The molecule has 0 saturated carbocycles. The quantitative estimate of drug-likeness (QED) is 0.780. The third-order valence-electron chi connectivity index (χ3n) is 3.85. The molecular formula is C14H17N5O5. The van der Waals surface area contributed by atoms with Gasteiger partial charge in [0.1, 0.15) is 11.8 Å². The number of hydrogen-bond donors (Lipinski definition) is 1. The van der Waals surface area contributed by atoms with Gasteiger partial charge in [0, 0.05) is 26.8 Å². The first-order valence-corrected chi connectivity index (χ1v) is 7.46. The highest BCUT2D eigenvalue weighted by atomic mass is 16.5. The largest absolute Gasteiger partial charge is 0.368 e. The summed E-state index contributed by atoms with van der Waals surface area (Å²) in [5.41, 5.74) is -1.16. The lowest BCUT2D eigenvalue weighted by molar-refractivity contribution is 0.0835. The first-order chi connectivity index (χ1) is 11.5. The zero-order valence-electron chi connectivity index (χ0n) is 13.3. The van der Waals surface area contributed by atoms with Crippen LogP contribution in [-0.4, -0.2) is 31.8 Å². The predicted octanol–water partition coefficient (Wildman–Crippen LogP) is -0.751. The number of hydrogen-bond acceptors (Lipinski definition) is 7. The topological polar surface area (TPSA) is 121 Å². The molecular weight excluding hydrogens is 318 g/mol. The van der Waals surface area contributed by atoms with Crippen molar-refractivity contribution in [1.29, 1.82) is 0 Å². The van der Waals surface area contributed by atoms with Gasteiger partial charge in [-0.15, -0.1) is 0 Å². The van der Waals surface area contributed by atoms with Crippen LogP contribution in [0.1, 0.15) is 41.1 Å². The summed E-state index contributed by atoms with van der Waals surface area (Å²) in [6.45, 7) is 0.675. The van der Waals surface area contributed by atoms with E-state index in [4.69, 9.17) is 9.26 Å². The Kier molecular flexibility index (Phi) is 4.30. The second kappa shape index (κ2) is 6.40. The number of carbonyl (C=O) groups is 1. The van der Waals surface area contributed by atoms with Crippen LogP contribution in [0.4, 0.5) is 0 Å². The third-order valence-corrected chi connectivity index (χ3v) is 3.85. The summed E-state index contributed by atoms with van der Waals surface area (Å²) in [5.74, 6) is 0.108. The summed E-state index contributed by atoms with van der Waals surface area (Å²) in [7, 11) is 2.76. The lowest BCUT2D eigenvalue weighted by Gasteiger charge is -2.08. The first-order valence-electron chi connectivity index (χ1n) is 7.46. The molecule has 0 aromatic carbocycles. The van der Waals surface area contributed by atoms with Crippen molar-refractivity contribution in [2.45, 2.75) is 25.5 Å². The molecule has 0 aliphatic carbocycles. The highest BCUT2D eigenvalue weighted by Crippen LogP contribution is 2.26. The fourth-order valence-electron chi connectivity index (χ4n) is 2.44. The van der Waals surface area contributed by atoms with Crippen LogP contribution in [0, 0.1) is 0 Å². The van der Waals surface area contributed by atoms with Crippen molar-refractivity contribution in [3.63, 3.8) is 0 Å². The van der Waals surface area contributed by atoms with E-state index in [2.05, 4.69) is 15.5 Å². The van der Waals surface area contributed by atoms with Crippen LogP contribution in [0.2, 0.25) is 0 Å². The SMILES string of the molecule is Cn1c(C(=O)NCc2noc([C@@H]3CCCO3)n2)cc(=O)n(C)c1=O. The monoisotopic (exact) mass is 335 g/mol. The van der Waals surface area contributed by atoms with Crippen LogP contribution in [-0.2, 0) is 25.4 Å². The summed E-state index contributed by atoms with van der Waals surface area (Å²) in [5, 5.41) is 6.34. The van der Waals surface area contributed by atoms with Gasteiger partial charge in [-0.25, -0.2) is 4.79 Å². The normalized spacial score (nSPS) is 17.2. The molecule has 2 aromatic rings. The molecule has 0 unspecified atom stereocenters. The van der Waals surface area contributed by atoms with Gasteiger partial charge >= 0.3 is 5.69 Å². The van der Waals surface area contributed by atoms with Crippen molar-refractivity contribution in [2.24, 2.45) is 14.1 Å². The van der Waals surface area contributed by atoms with E-state index in [-0.39, 0.29) is 18.3 Å². The molecule has 1 fully saturated rings. The fraction of sp³-hybridized carbons (Fsp3) is 0.500. The van der Waals surface area contributed by atoms with E-state index in [1.54, 1.807) is 0 Å².